The summed E-state index contributed by atoms with van der Waals surface area (Å²) in [6.07, 6.45) is 0.438. The lowest BCUT2D eigenvalue weighted by Gasteiger charge is -2.16. The van der Waals surface area contributed by atoms with Crippen molar-refractivity contribution in [3.63, 3.8) is 0 Å². The van der Waals surface area contributed by atoms with Crippen LogP contribution in [-0.2, 0) is 11.2 Å². The molecule has 0 saturated heterocycles. The van der Waals surface area contributed by atoms with Gasteiger partial charge in [0.15, 0.2) is 4.84 Å². The van der Waals surface area contributed by atoms with Crippen molar-refractivity contribution in [2.75, 3.05) is 5.88 Å². The molecule has 1 amide bonds. The Morgan fingerprint density at radius 3 is 2.32 bits per heavy atom. The van der Waals surface area contributed by atoms with E-state index in [4.69, 9.17) is 34.8 Å². The summed E-state index contributed by atoms with van der Waals surface area (Å²) in [5.74, 6) is -0.334. The first-order valence-electron chi connectivity index (χ1n) is 5.32. The zero-order chi connectivity index (χ0) is 14.4. The minimum atomic E-state index is -1.15. The van der Waals surface area contributed by atoms with Crippen LogP contribution in [0.1, 0.15) is 5.56 Å². The molecule has 0 heterocycles. The summed E-state index contributed by atoms with van der Waals surface area (Å²) in [6, 6.07) is 5.68. The molecule has 5 nitrogen and oxygen atoms in total. The molecule has 1 aromatic carbocycles. The average Bonchev–Trinajstić information content (AvgIpc) is 2.38. The first-order chi connectivity index (χ1) is 8.93. The van der Waals surface area contributed by atoms with Crippen molar-refractivity contribution < 1.29 is 9.72 Å². The molecule has 19 heavy (non-hydrogen) atoms. The molecule has 0 fully saturated rings. The summed E-state index contributed by atoms with van der Waals surface area (Å²) < 4.78 is 0. The lowest BCUT2D eigenvalue weighted by Crippen LogP contribution is -2.40. The summed E-state index contributed by atoms with van der Waals surface area (Å²) in [7, 11) is 0. The molecule has 0 aromatic heterocycles. The van der Waals surface area contributed by atoms with Crippen molar-refractivity contribution in [3.05, 3.63) is 39.9 Å². The van der Waals surface area contributed by atoms with Gasteiger partial charge in [-0.2, -0.15) is 0 Å². The van der Waals surface area contributed by atoms with E-state index >= 15 is 0 Å². The van der Waals surface area contributed by atoms with E-state index in [9.17, 15) is 14.9 Å². The number of alkyl halides is 3. The standard InChI is InChI=1S/C11H11Cl3N2O3/c12-6-8(15-11(17)10(13)14)5-7-1-3-9(4-2-7)16(18)19/h1-4,8,10H,5-6H2,(H,15,17). The van der Waals surface area contributed by atoms with Crippen molar-refractivity contribution in [3.8, 4) is 0 Å². The van der Waals surface area contributed by atoms with Crippen molar-refractivity contribution >= 4 is 46.4 Å². The van der Waals surface area contributed by atoms with Gasteiger partial charge in [0.2, 0.25) is 0 Å². The van der Waals surface area contributed by atoms with Crippen molar-refractivity contribution in [2.45, 2.75) is 17.3 Å². The van der Waals surface area contributed by atoms with Crippen LogP contribution < -0.4 is 5.32 Å². The summed E-state index contributed by atoms with van der Waals surface area (Å²) in [6.45, 7) is 0. The van der Waals surface area contributed by atoms with Gasteiger partial charge in [0.1, 0.15) is 0 Å². The van der Waals surface area contributed by atoms with E-state index in [1.165, 1.54) is 12.1 Å². The molecule has 1 rings (SSSR count). The Kier molecular flexibility index (Phi) is 6.34. The molecule has 0 bridgehead atoms. The lowest BCUT2D eigenvalue weighted by atomic mass is 10.1. The average molecular weight is 326 g/mol. The highest BCUT2D eigenvalue weighted by Gasteiger charge is 2.17. The first kappa shape index (κ1) is 16.0. The van der Waals surface area contributed by atoms with Crippen LogP contribution in [0.5, 0.6) is 0 Å². The van der Waals surface area contributed by atoms with Crippen LogP contribution >= 0.6 is 34.8 Å². The molecule has 8 heteroatoms. The third kappa shape index (κ3) is 5.22. The quantitative estimate of drug-likeness (QED) is 0.496. The highest BCUT2D eigenvalue weighted by molar-refractivity contribution is 6.53. The molecular formula is C11H11Cl3N2O3. The Morgan fingerprint density at radius 1 is 1.32 bits per heavy atom. The van der Waals surface area contributed by atoms with Crippen LogP contribution in [0.15, 0.2) is 24.3 Å². The molecule has 0 spiro atoms. The Balaban J connectivity index is 2.65. The SMILES string of the molecule is O=C(NC(CCl)Cc1ccc([N+](=O)[O-])cc1)C(Cl)Cl. The molecule has 0 aliphatic rings. The van der Waals surface area contributed by atoms with E-state index in [1.807, 2.05) is 0 Å². The lowest BCUT2D eigenvalue weighted by molar-refractivity contribution is -0.384. The monoisotopic (exact) mass is 324 g/mol. The number of hydrogen-bond acceptors (Lipinski definition) is 3. The Hall–Kier alpha value is -1.04. The second kappa shape index (κ2) is 7.53. The van der Waals surface area contributed by atoms with Crippen LogP contribution in [0, 0.1) is 10.1 Å². The number of hydrogen-bond donors (Lipinski definition) is 1. The fourth-order valence-corrected chi connectivity index (χ4v) is 1.76. The van der Waals surface area contributed by atoms with Gasteiger partial charge in [0.05, 0.1) is 4.92 Å². The largest absolute Gasteiger partial charge is 0.349 e. The number of nitro benzene ring substituents is 1. The van der Waals surface area contributed by atoms with Gasteiger partial charge < -0.3 is 5.32 Å². The summed E-state index contributed by atoms with van der Waals surface area (Å²) in [5.41, 5.74) is 0.828. The highest BCUT2D eigenvalue weighted by Crippen LogP contribution is 2.14. The molecular weight excluding hydrogens is 314 g/mol. The molecule has 0 saturated carbocycles. The number of rotatable bonds is 6. The molecule has 0 radical (unpaired) electrons. The van der Waals surface area contributed by atoms with Crippen molar-refractivity contribution in [1.82, 2.24) is 5.32 Å². The molecule has 1 N–H and O–H groups in total. The van der Waals surface area contributed by atoms with Crippen LogP contribution in [0.4, 0.5) is 5.69 Å². The van der Waals surface area contributed by atoms with Gasteiger partial charge in [-0.3, -0.25) is 14.9 Å². The number of halogens is 3. The van der Waals surface area contributed by atoms with Gasteiger partial charge in [-0.25, -0.2) is 0 Å². The van der Waals surface area contributed by atoms with Gasteiger partial charge in [-0.1, -0.05) is 35.3 Å². The first-order valence-corrected chi connectivity index (χ1v) is 6.72. The number of carbonyl (C=O) groups is 1. The second-order valence-electron chi connectivity index (χ2n) is 3.79. The number of benzene rings is 1. The maximum atomic E-state index is 11.3. The molecule has 1 atom stereocenters. The van der Waals surface area contributed by atoms with E-state index in [1.54, 1.807) is 12.1 Å². The van der Waals surface area contributed by atoms with Crippen LogP contribution in [0.25, 0.3) is 0 Å². The summed E-state index contributed by atoms with van der Waals surface area (Å²) in [5, 5.41) is 13.1. The third-order valence-corrected chi connectivity index (χ3v) is 3.13. The third-order valence-electron chi connectivity index (χ3n) is 2.36. The van der Waals surface area contributed by atoms with Crippen LogP contribution in [0.3, 0.4) is 0 Å². The molecule has 104 valence electrons. The smallest absolute Gasteiger partial charge is 0.269 e. The van der Waals surface area contributed by atoms with E-state index in [2.05, 4.69) is 5.32 Å². The van der Waals surface area contributed by atoms with Gasteiger partial charge in [0.25, 0.3) is 11.6 Å². The topological polar surface area (TPSA) is 72.2 Å². The fourth-order valence-electron chi connectivity index (χ4n) is 1.45. The molecule has 0 aliphatic heterocycles. The zero-order valence-corrected chi connectivity index (χ0v) is 12.0. The van der Waals surface area contributed by atoms with E-state index in [-0.39, 0.29) is 17.6 Å². The Morgan fingerprint density at radius 2 is 1.89 bits per heavy atom. The fraction of sp³-hybridized carbons (Fsp3) is 0.364. The number of nitrogens with one attached hydrogen (secondary N) is 1. The van der Waals surface area contributed by atoms with Gasteiger partial charge in [-0.15, -0.1) is 11.6 Å². The number of amides is 1. The minimum absolute atomic E-state index is 0.0109. The number of nitro groups is 1. The predicted octanol–water partition coefficient (Wildman–Crippen LogP) is 2.66. The molecule has 1 aromatic rings. The zero-order valence-electron chi connectivity index (χ0n) is 9.68. The highest BCUT2D eigenvalue weighted by atomic mass is 35.5. The van der Waals surface area contributed by atoms with E-state index in [0.29, 0.717) is 6.42 Å². The van der Waals surface area contributed by atoms with Gasteiger partial charge >= 0.3 is 0 Å². The maximum absolute atomic E-state index is 11.3. The van der Waals surface area contributed by atoms with Crippen LogP contribution in [0.2, 0.25) is 0 Å². The van der Waals surface area contributed by atoms with Gasteiger partial charge in [-0.05, 0) is 12.0 Å². The number of nitrogens with zero attached hydrogens (tertiary/aromatic N) is 1. The van der Waals surface area contributed by atoms with Crippen LogP contribution in [-0.4, -0.2) is 27.6 Å². The van der Waals surface area contributed by atoms with Gasteiger partial charge in [0, 0.05) is 24.1 Å². The second-order valence-corrected chi connectivity index (χ2v) is 5.19. The predicted molar refractivity (Wildman–Crippen MR) is 74.9 cm³/mol. The Labute approximate surface area is 125 Å². The van der Waals surface area contributed by atoms with Crippen molar-refractivity contribution in [1.29, 1.82) is 0 Å². The molecule has 1 unspecified atom stereocenters. The maximum Gasteiger partial charge on any atom is 0.269 e. The molecule has 0 aliphatic carbocycles. The summed E-state index contributed by atoms with van der Waals surface area (Å²) >= 11 is 16.6. The summed E-state index contributed by atoms with van der Waals surface area (Å²) in [4.78, 5) is 20.2. The minimum Gasteiger partial charge on any atom is -0.349 e. The van der Waals surface area contributed by atoms with Crippen molar-refractivity contribution in [2.24, 2.45) is 0 Å². The Bertz CT molecular complexity index is 451. The van der Waals surface area contributed by atoms with E-state index in [0.717, 1.165) is 5.56 Å². The number of carbonyl (C=O) groups excluding carboxylic acids is 1. The van der Waals surface area contributed by atoms with E-state index < -0.39 is 15.7 Å². The number of non-ortho nitro benzene ring substituents is 1. The normalized spacial score (nSPS) is 12.2.